The summed E-state index contributed by atoms with van der Waals surface area (Å²) < 4.78 is 5.33. The summed E-state index contributed by atoms with van der Waals surface area (Å²) in [5.74, 6) is 0.946. The van der Waals surface area contributed by atoms with Crippen molar-refractivity contribution in [3.63, 3.8) is 0 Å². The second-order valence-electron chi connectivity index (χ2n) is 7.82. The zero-order valence-electron chi connectivity index (χ0n) is 17.7. The predicted molar refractivity (Wildman–Crippen MR) is 122 cm³/mol. The summed E-state index contributed by atoms with van der Waals surface area (Å²) in [6, 6.07) is 22.7. The number of anilines is 1. The van der Waals surface area contributed by atoms with Gasteiger partial charge in [0.1, 0.15) is 5.75 Å². The lowest BCUT2D eigenvalue weighted by molar-refractivity contribution is -0.123. The molecule has 1 heterocycles. The Balaban J connectivity index is 1.31. The van der Waals surface area contributed by atoms with Gasteiger partial charge in [0, 0.05) is 37.9 Å². The largest absolute Gasteiger partial charge is 0.497 e. The SMILES string of the molecule is COc1cccc(N2CCN(CC(=O)N[C@@H](C)c3cccc4ccccc34)CC2)c1. The third-order valence-corrected chi connectivity index (χ3v) is 5.83. The van der Waals surface area contributed by atoms with Crippen molar-refractivity contribution in [3.8, 4) is 5.75 Å². The fraction of sp³-hybridized carbons (Fsp3) is 0.320. The Morgan fingerprint density at radius 3 is 2.53 bits per heavy atom. The molecular weight excluding hydrogens is 374 g/mol. The number of nitrogens with one attached hydrogen (secondary N) is 1. The van der Waals surface area contributed by atoms with Crippen molar-refractivity contribution in [1.29, 1.82) is 0 Å². The second-order valence-corrected chi connectivity index (χ2v) is 7.82. The van der Waals surface area contributed by atoms with Gasteiger partial charge in [-0.15, -0.1) is 0 Å². The van der Waals surface area contributed by atoms with Crippen LogP contribution in [0.2, 0.25) is 0 Å². The van der Waals surface area contributed by atoms with Gasteiger partial charge in [0.2, 0.25) is 5.91 Å². The van der Waals surface area contributed by atoms with Gasteiger partial charge >= 0.3 is 0 Å². The molecule has 1 aliphatic rings. The molecule has 5 heteroatoms. The molecule has 1 aliphatic heterocycles. The number of methoxy groups -OCH3 is 1. The van der Waals surface area contributed by atoms with Gasteiger partial charge in [0.05, 0.1) is 19.7 Å². The Labute approximate surface area is 178 Å². The maximum absolute atomic E-state index is 12.7. The summed E-state index contributed by atoms with van der Waals surface area (Å²) in [6.45, 7) is 6.03. The molecule has 1 saturated heterocycles. The number of ether oxygens (including phenoxy) is 1. The monoisotopic (exact) mass is 403 g/mol. The molecule has 3 aromatic carbocycles. The number of hydrogen-bond acceptors (Lipinski definition) is 4. The quantitative estimate of drug-likeness (QED) is 0.679. The third kappa shape index (κ3) is 4.57. The normalized spacial score (nSPS) is 15.7. The fourth-order valence-corrected chi connectivity index (χ4v) is 4.17. The van der Waals surface area contributed by atoms with Gasteiger partial charge in [-0.05, 0) is 35.4 Å². The highest BCUT2D eigenvalue weighted by atomic mass is 16.5. The van der Waals surface area contributed by atoms with Crippen LogP contribution in [0, 0.1) is 0 Å². The van der Waals surface area contributed by atoms with E-state index in [0.717, 1.165) is 37.5 Å². The molecule has 1 fully saturated rings. The maximum atomic E-state index is 12.7. The topological polar surface area (TPSA) is 44.8 Å². The molecule has 5 nitrogen and oxygen atoms in total. The number of piperazine rings is 1. The molecule has 0 aromatic heterocycles. The van der Waals surface area contributed by atoms with E-state index in [-0.39, 0.29) is 11.9 Å². The second kappa shape index (κ2) is 9.18. The number of carbonyl (C=O) groups excluding carboxylic acids is 1. The minimum atomic E-state index is -0.0262. The van der Waals surface area contributed by atoms with E-state index < -0.39 is 0 Å². The number of benzene rings is 3. The van der Waals surface area contributed by atoms with Crippen molar-refractivity contribution < 1.29 is 9.53 Å². The average Bonchev–Trinajstić information content (AvgIpc) is 2.79. The number of hydrogen-bond donors (Lipinski definition) is 1. The fourth-order valence-electron chi connectivity index (χ4n) is 4.17. The van der Waals surface area contributed by atoms with Gasteiger partial charge in [-0.1, -0.05) is 48.5 Å². The molecular formula is C25H29N3O2. The summed E-state index contributed by atoms with van der Waals surface area (Å²) >= 11 is 0. The Hall–Kier alpha value is -3.05. The highest BCUT2D eigenvalue weighted by molar-refractivity contribution is 5.87. The summed E-state index contributed by atoms with van der Waals surface area (Å²) in [7, 11) is 1.69. The minimum absolute atomic E-state index is 0.0262. The molecule has 1 amide bonds. The van der Waals surface area contributed by atoms with E-state index in [1.165, 1.54) is 16.5 Å². The highest BCUT2D eigenvalue weighted by Crippen LogP contribution is 2.24. The van der Waals surface area contributed by atoms with Crippen LogP contribution >= 0.6 is 0 Å². The van der Waals surface area contributed by atoms with Crippen molar-refractivity contribution in [2.45, 2.75) is 13.0 Å². The first-order chi connectivity index (χ1) is 14.6. The molecule has 0 unspecified atom stereocenters. The van der Waals surface area contributed by atoms with Crippen LogP contribution in [-0.4, -0.2) is 50.6 Å². The number of amides is 1. The summed E-state index contributed by atoms with van der Waals surface area (Å²) in [4.78, 5) is 17.3. The van der Waals surface area contributed by atoms with Crippen LogP contribution in [0.3, 0.4) is 0 Å². The van der Waals surface area contributed by atoms with E-state index in [0.29, 0.717) is 6.54 Å². The Morgan fingerprint density at radius 2 is 1.73 bits per heavy atom. The molecule has 1 N–H and O–H groups in total. The molecule has 0 spiro atoms. The number of carbonyl (C=O) groups is 1. The Kier molecular flexibility index (Phi) is 6.19. The summed E-state index contributed by atoms with van der Waals surface area (Å²) in [5.41, 5.74) is 2.33. The summed E-state index contributed by atoms with van der Waals surface area (Å²) in [6.07, 6.45) is 0. The maximum Gasteiger partial charge on any atom is 0.234 e. The molecule has 4 rings (SSSR count). The van der Waals surface area contributed by atoms with E-state index in [4.69, 9.17) is 4.74 Å². The third-order valence-electron chi connectivity index (χ3n) is 5.83. The van der Waals surface area contributed by atoms with Gasteiger partial charge < -0.3 is 15.0 Å². The van der Waals surface area contributed by atoms with Crippen LogP contribution in [-0.2, 0) is 4.79 Å². The zero-order valence-corrected chi connectivity index (χ0v) is 17.7. The van der Waals surface area contributed by atoms with Crippen molar-refractivity contribution in [2.24, 2.45) is 0 Å². The van der Waals surface area contributed by atoms with E-state index in [1.54, 1.807) is 7.11 Å². The molecule has 0 saturated carbocycles. The summed E-state index contributed by atoms with van der Waals surface area (Å²) in [5, 5.41) is 5.58. The van der Waals surface area contributed by atoms with Gasteiger partial charge in [0.25, 0.3) is 0 Å². The van der Waals surface area contributed by atoms with Crippen LogP contribution in [0.15, 0.2) is 66.7 Å². The number of rotatable bonds is 6. The first-order valence-corrected chi connectivity index (χ1v) is 10.5. The lowest BCUT2D eigenvalue weighted by atomic mass is 10.00. The molecule has 156 valence electrons. The van der Waals surface area contributed by atoms with Crippen LogP contribution in [0.25, 0.3) is 10.8 Å². The lowest BCUT2D eigenvalue weighted by Gasteiger charge is -2.36. The average molecular weight is 404 g/mol. The van der Waals surface area contributed by atoms with E-state index >= 15 is 0 Å². The van der Waals surface area contributed by atoms with Crippen molar-refractivity contribution in [2.75, 3.05) is 44.7 Å². The van der Waals surface area contributed by atoms with Crippen molar-refractivity contribution in [1.82, 2.24) is 10.2 Å². The van der Waals surface area contributed by atoms with Crippen molar-refractivity contribution in [3.05, 3.63) is 72.3 Å². The van der Waals surface area contributed by atoms with E-state index in [9.17, 15) is 4.79 Å². The molecule has 1 atom stereocenters. The molecule has 0 aliphatic carbocycles. The molecule has 30 heavy (non-hydrogen) atoms. The molecule has 0 radical (unpaired) electrons. The Morgan fingerprint density at radius 1 is 1.00 bits per heavy atom. The molecule has 3 aromatic rings. The smallest absolute Gasteiger partial charge is 0.234 e. The first kappa shape index (κ1) is 20.2. The van der Waals surface area contributed by atoms with Crippen molar-refractivity contribution >= 4 is 22.4 Å². The zero-order chi connectivity index (χ0) is 20.9. The van der Waals surface area contributed by atoms with Crippen LogP contribution in [0.4, 0.5) is 5.69 Å². The van der Waals surface area contributed by atoms with Crippen LogP contribution in [0.1, 0.15) is 18.5 Å². The van der Waals surface area contributed by atoms with Crippen LogP contribution < -0.4 is 15.0 Å². The van der Waals surface area contributed by atoms with Gasteiger partial charge in [-0.25, -0.2) is 0 Å². The number of nitrogens with zero attached hydrogens (tertiary/aromatic N) is 2. The Bertz CT molecular complexity index is 1010. The van der Waals surface area contributed by atoms with Gasteiger partial charge in [0.15, 0.2) is 0 Å². The predicted octanol–water partition coefficient (Wildman–Crippen LogP) is 3.85. The highest BCUT2D eigenvalue weighted by Gasteiger charge is 2.20. The first-order valence-electron chi connectivity index (χ1n) is 10.5. The van der Waals surface area contributed by atoms with E-state index in [1.807, 2.05) is 24.3 Å². The number of fused-ring (bicyclic) bond motifs is 1. The van der Waals surface area contributed by atoms with E-state index in [2.05, 4.69) is 64.5 Å². The van der Waals surface area contributed by atoms with Gasteiger partial charge in [-0.3, -0.25) is 9.69 Å². The van der Waals surface area contributed by atoms with Gasteiger partial charge in [-0.2, -0.15) is 0 Å². The van der Waals surface area contributed by atoms with Crippen LogP contribution in [0.5, 0.6) is 5.75 Å². The standard InChI is InChI=1S/C25H29N3O2/c1-19(23-12-5-8-20-7-3-4-11-24(20)23)26-25(29)18-27-13-15-28(16-14-27)21-9-6-10-22(17-21)30-2/h3-12,17,19H,13-16,18H2,1-2H3,(H,26,29)/t19-/m0/s1. The minimum Gasteiger partial charge on any atom is -0.497 e. The lowest BCUT2D eigenvalue weighted by Crippen LogP contribution is -2.49. The molecule has 0 bridgehead atoms.